The second-order valence-corrected chi connectivity index (χ2v) is 4.76. The van der Waals surface area contributed by atoms with Crippen molar-refractivity contribution >= 4 is 34.8 Å². The normalized spacial score (nSPS) is 27.5. The van der Waals surface area contributed by atoms with E-state index >= 15 is 0 Å². The topological polar surface area (TPSA) is 61.4 Å². The number of nitrogens with zero attached hydrogens (tertiary/aromatic N) is 1. The molecule has 2 heterocycles. The van der Waals surface area contributed by atoms with Gasteiger partial charge in [0.1, 0.15) is 5.54 Å². The maximum Gasteiger partial charge on any atom is 0.322 e. The van der Waals surface area contributed by atoms with E-state index < -0.39 is 5.54 Å². The van der Waals surface area contributed by atoms with Crippen LogP contribution >= 0.6 is 22.9 Å². The SMILES string of the molecule is O=C1NC(=O)C2(CCN(I)CC2)N1. The summed E-state index contributed by atoms with van der Waals surface area (Å²) >= 11 is 2.23. The lowest BCUT2D eigenvalue weighted by atomic mass is 9.89. The second kappa shape index (κ2) is 3.09. The van der Waals surface area contributed by atoms with Crippen molar-refractivity contribution in [3.05, 3.63) is 0 Å². The van der Waals surface area contributed by atoms with Crippen LogP contribution in [0.2, 0.25) is 0 Å². The maximum absolute atomic E-state index is 11.5. The summed E-state index contributed by atoms with van der Waals surface area (Å²) in [6.07, 6.45) is 1.40. The van der Waals surface area contributed by atoms with E-state index in [2.05, 4.69) is 36.6 Å². The number of hydrogen-bond acceptors (Lipinski definition) is 3. The lowest BCUT2D eigenvalue weighted by molar-refractivity contribution is -0.125. The minimum Gasteiger partial charge on any atom is -0.323 e. The third-order valence-corrected chi connectivity index (χ3v) is 3.54. The molecule has 0 bridgehead atoms. The van der Waals surface area contributed by atoms with Gasteiger partial charge in [-0.05, 0) is 12.8 Å². The zero-order chi connectivity index (χ0) is 9.47. The number of halogens is 1. The Bertz CT molecular complexity index is 260. The average molecular weight is 295 g/mol. The zero-order valence-electron chi connectivity index (χ0n) is 6.97. The summed E-state index contributed by atoms with van der Waals surface area (Å²) in [5, 5.41) is 4.99. The molecule has 13 heavy (non-hydrogen) atoms. The highest BCUT2D eigenvalue weighted by Crippen LogP contribution is 2.26. The van der Waals surface area contributed by atoms with Gasteiger partial charge in [0.05, 0.1) is 0 Å². The van der Waals surface area contributed by atoms with Crippen LogP contribution in [-0.4, -0.2) is 33.7 Å². The average Bonchev–Trinajstić information content (AvgIpc) is 2.34. The summed E-state index contributed by atoms with van der Waals surface area (Å²) in [4.78, 5) is 22.4. The molecule has 0 saturated carbocycles. The molecular weight excluding hydrogens is 285 g/mol. The number of piperidine rings is 1. The number of amides is 3. The monoisotopic (exact) mass is 295 g/mol. The number of rotatable bonds is 0. The molecule has 72 valence electrons. The highest BCUT2D eigenvalue weighted by molar-refractivity contribution is 14.1. The van der Waals surface area contributed by atoms with Gasteiger partial charge in [-0.15, -0.1) is 0 Å². The van der Waals surface area contributed by atoms with E-state index in [0.29, 0.717) is 12.8 Å². The first kappa shape index (κ1) is 9.20. The maximum atomic E-state index is 11.5. The largest absolute Gasteiger partial charge is 0.323 e. The first-order chi connectivity index (χ1) is 6.12. The fourth-order valence-corrected chi connectivity index (χ4v) is 2.22. The predicted molar refractivity (Wildman–Crippen MR) is 54.2 cm³/mol. The number of hydrogen-bond donors (Lipinski definition) is 2. The van der Waals surface area contributed by atoms with Crippen LogP contribution in [0.5, 0.6) is 0 Å². The van der Waals surface area contributed by atoms with Gasteiger partial charge >= 0.3 is 6.03 Å². The van der Waals surface area contributed by atoms with E-state index in [1.165, 1.54) is 0 Å². The Hall–Kier alpha value is -0.370. The molecular formula is C7H10IN3O2. The zero-order valence-corrected chi connectivity index (χ0v) is 9.13. The summed E-state index contributed by atoms with van der Waals surface area (Å²) in [5.41, 5.74) is -0.612. The third kappa shape index (κ3) is 1.52. The van der Waals surface area contributed by atoms with Crippen LogP contribution in [0.1, 0.15) is 12.8 Å². The minimum absolute atomic E-state index is 0.165. The van der Waals surface area contributed by atoms with Crippen LogP contribution in [0.15, 0.2) is 0 Å². The van der Waals surface area contributed by atoms with E-state index in [1.54, 1.807) is 0 Å². The molecule has 0 radical (unpaired) electrons. The van der Waals surface area contributed by atoms with Crippen LogP contribution in [-0.2, 0) is 4.79 Å². The number of imide groups is 1. The van der Waals surface area contributed by atoms with Crippen molar-refractivity contribution in [1.82, 2.24) is 13.7 Å². The lowest BCUT2D eigenvalue weighted by Gasteiger charge is -2.33. The Morgan fingerprint density at radius 2 is 1.92 bits per heavy atom. The van der Waals surface area contributed by atoms with Crippen molar-refractivity contribution in [2.75, 3.05) is 13.1 Å². The highest BCUT2D eigenvalue weighted by atomic mass is 127. The number of carbonyl (C=O) groups is 2. The Morgan fingerprint density at radius 1 is 1.31 bits per heavy atom. The molecule has 2 aliphatic heterocycles. The van der Waals surface area contributed by atoms with Crippen molar-refractivity contribution in [1.29, 1.82) is 0 Å². The molecule has 0 aliphatic carbocycles. The fourth-order valence-electron chi connectivity index (χ4n) is 1.74. The van der Waals surface area contributed by atoms with Crippen LogP contribution in [0.4, 0.5) is 4.79 Å². The van der Waals surface area contributed by atoms with E-state index in [9.17, 15) is 9.59 Å². The summed E-state index contributed by atoms with van der Waals surface area (Å²) in [5.74, 6) is -0.165. The molecule has 5 nitrogen and oxygen atoms in total. The van der Waals surface area contributed by atoms with Crippen molar-refractivity contribution in [3.63, 3.8) is 0 Å². The molecule has 6 heteroatoms. The van der Waals surface area contributed by atoms with Gasteiger partial charge in [-0.25, -0.2) is 7.91 Å². The van der Waals surface area contributed by atoms with Gasteiger partial charge in [-0.3, -0.25) is 10.1 Å². The smallest absolute Gasteiger partial charge is 0.322 e. The summed E-state index contributed by atoms with van der Waals surface area (Å²) in [6.45, 7) is 1.68. The first-order valence-electron chi connectivity index (χ1n) is 4.17. The minimum atomic E-state index is -0.612. The van der Waals surface area contributed by atoms with Crippen LogP contribution in [0.3, 0.4) is 0 Å². The van der Waals surface area contributed by atoms with Gasteiger partial charge in [0, 0.05) is 36.0 Å². The first-order valence-corrected chi connectivity index (χ1v) is 5.13. The van der Waals surface area contributed by atoms with Crippen molar-refractivity contribution in [2.24, 2.45) is 0 Å². The third-order valence-electron chi connectivity index (χ3n) is 2.58. The Morgan fingerprint density at radius 3 is 2.38 bits per heavy atom. The molecule has 2 N–H and O–H groups in total. The lowest BCUT2D eigenvalue weighted by Crippen LogP contribution is -2.53. The number of carbonyl (C=O) groups excluding carboxylic acids is 2. The van der Waals surface area contributed by atoms with E-state index in [4.69, 9.17) is 0 Å². The molecule has 2 rings (SSSR count). The Kier molecular flexibility index (Phi) is 2.18. The van der Waals surface area contributed by atoms with Crippen molar-refractivity contribution in [2.45, 2.75) is 18.4 Å². The van der Waals surface area contributed by atoms with Crippen LogP contribution in [0.25, 0.3) is 0 Å². The quantitative estimate of drug-likeness (QED) is 0.376. The molecule has 3 amide bonds. The summed E-state index contributed by atoms with van der Waals surface area (Å²) in [7, 11) is 0. The summed E-state index contributed by atoms with van der Waals surface area (Å²) < 4.78 is 2.13. The van der Waals surface area contributed by atoms with Gasteiger partial charge in [0.25, 0.3) is 5.91 Å². The number of urea groups is 1. The molecule has 0 aromatic carbocycles. The van der Waals surface area contributed by atoms with Crippen molar-refractivity contribution < 1.29 is 9.59 Å². The molecule has 0 unspecified atom stereocenters. The molecule has 0 aromatic heterocycles. The van der Waals surface area contributed by atoms with E-state index in [0.717, 1.165) is 13.1 Å². The van der Waals surface area contributed by atoms with E-state index in [-0.39, 0.29) is 11.9 Å². The van der Waals surface area contributed by atoms with Crippen LogP contribution in [0, 0.1) is 0 Å². The Balaban J connectivity index is 2.13. The molecule has 2 saturated heterocycles. The summed E-state index contributed by atoms with van der Waals surface area (Å²) in [6, 6.07) is -0.355. The Labute approximate surface area is 89.7 Å². The van der Waals surface area contributed by atoms with Gasteiger partial charge in [-0.2, -0.15) is 0 Å². The highest BCUT2D eigenvalue weighted by Gasteiger charge is 2.47. The van der Waals surface area contributed by atoms with Crippen molar-refractivity contribution in [3.8, 4) is 0 Å². The molecule has 0 aromatic rings. The molecule has 2 aliphatic rings. The molecule has 2 fully saturated rings. The standard InChI is InChI=1S/C7H10IN3O2/c8-11-3-1-7(2-4-11)5(12)9-6(13)10-7/h1-4H2,(H2,9,10,12,13). The van der Waals surface area contributed by atoms with E-state index in [1.807, 2.05) is 0 Å². The van der Waals surface area contributed by atoms with Gasteiger partial charge in [-0.1, -0.05) is 0 Å². The number of nitrogens with one attached hydrogen (secondary N) is 2. The predicted octanol–water partition coefficient (Wildman–Crippen LogP) is 0.0104. The van der Waals surface area contributed by atoms with Gasteiger partial charge in [0.15, 0.2) is 0 Å². The fraction of sp³-hybridized carbons (Fsp3) is 0.714. The molecule has 1 spiro atoms. The van der Waals surface area contributed by atoms with Crippen LogP contribution < -0.4 is 10.6 Å². The second-order valence-electron chi connectivity index (χ2n) is 3.40. The van der Waals surface area contributed by atoms with Gasteiger partial charge < -0.3 is 5.32 Å². The van der Waals surface area contributed by atoms with Gasteiger partial charge in [0.2, 0.25) is 0 Å². The molecule has 0 atom stereocenters.